The van der Waals surface area contributed by atoms with E-state index in [1.54, 1.807) is 4.88 Å². The molecular formula is C23H32BrNSSi. The number of thiophene rings is 1. The van der Waals surface area contributed by atoms with Crippen LogP contribution in [0.25, 0.3) is 5.57 Å². The van der Waals surface area contributed by atoms with Gasteiger partial charge in [0.05, 0.1) is 6.04 Å². The molecule has 4 heteroatoms. The molecule has 1 aromatic carbocycles. The fourth-order valence-electron chi connectivity index (χ4n) is 4.30. The first-order chi connectivity index (χ1) is 12.6. The number of halogens is 1. The fourth-order valence-corrected chi connectivity index (χ4v) is 7.80. The average molecular weight is 463 g/mol. The summed E-state index contributed by atoms with van der Waals surface area (Å²) in [6.45, 7) is 18.9. The average Bonchev–Trinajstić information content (AvgIpc) is 3.13. The molecule has 27 heavy (non-hydrogen) atoms. The van der Waals surface area contributed by atoms with Gasteiger partial charge in [0.2, 0.25) is 0 Å². The van der Waals surface area contributed by atoms with Crippen molar-refractivity contribution in [1.82, 2.24) is 0 Å². The van der Waals surface area contributed by atoms with Crippen molar-refractivity contribution in [3.05, 3.63) is 55.2 Å². The lowest BCUT2D eigenvalue weighted by Gasteiger charge is -2.40. The predicted molar refractivity (Wildman–Crippen MR) is 129 cm³/mol. The van der Waals surface area contributed by atoms with Crippen molar-refractivity contribution in [1.29, 1.82) is 0 Å². The largest absolute Gasteiger partial charge is 0.390 e. The second kappa shape index (κ2) is 7.88. The third-order valence-corrected chi connectivity index (χ3v) is 8.92. The van der Waals surface area contributed by atoms with E-state index in [1.807, 2.05) is 11.3 Å². The van der Waals surface area contributed by atoms with Crippen LogP contribution >= 0.6 is 27.3 Å². The molecule has 1 nitrogen and oxygen atoms in total. The van der Waals surface area contributed by atoms with Gasteiger partial charge in [0.25, 0.3) is 0 Å². The highest BCUT2D eigenvalue weighted by Crippen LogP contribution is 2.50. The summed E-state index contributed by atoms with van der Waals surface area (Å²) in [4.78, 5) is 1.54. The highest BCUT2D eigenvalue weighted by molar-refractivity contribution is 9.10. The van der Waals surface area contributed by atoms with Crippen molar-refractivity contribution in [2.24, 2.45) is 0 Å². The molecule has 1 atom stereocenters. The van der Waals surface area contributed by atoms with Crippen molar-refractivity contribution in [2.75, 3.05) is 4.57 Å². The number of anilines is 1. The van der Waals surface area contributed by atoms with E-state index >= 15 is 0 Å². The Labute approximate surface area is 179 Å². The summed E-state index contributed by atoms with van der Waals surface area (Å²) in [5.74, 6) is 1.000. The first-order valence-electron chi connectivity index (χ1n) is 10.0. The summed E-state index contributed by atoms with van der Waals surface area (Å²) in [6.07, 6.45) is 0. The lowest BCUT2D eigenvalue weighted by atomic mass is 9.92. The van der Waals surface area contributed by atoms with Crippen LogP contribution in [-0.4, -0.2) is 8.96 Å². The van der Waals surface area contributed by atoms with E-state index < -0.39 is 8.96 Å². The Bertz CT molecular complexity index is 849. The zero-order valence-corrected chi connectivity index (χ0v) is 21.4. The van der Waals surface area contributed by atoms with Gasteiger partial charge >= 0.3 is 0 Å². The zero-order valence-electron chi connectivity index (χ0n) is 17.9. The molecule has 1 heterocycles. The maximum atomic E-state index is 3.78. The van der Waals surface area contributed by atoms with Crippen LogP contribution in [0.15, 0.2) is 33.6 Å². The maximum absolute atomic E-state index is 3.78. The first kappa shape index (κ1) is 20.9. The van der Waals surface area contributed by atoms with E-state index in [1.165, 1.54) is 38.0 Å². The lowest BCUT2D eigenvalue weighted by molar-refractivity contribution is 0.791. The van der Waals surface area contributed by atoms with Crippen LogP contribution in [0.3, 0.4) is 0 Å². The van der Waals surface area contributed by atoms with Crippen molar-refractivity contribution in [3.8, 4) is 0 Å². The van der Waals surface area contributed by atoms with Crippen LogP contribution in [-0.2, 0) is 0 Å². The zero-order chi connectivity index (χ0) is 20.0. The van der Waals surface area contributed by atoms with Crippen LogP contribution < -0.4 is 4.57 Å². The Kier molecular flexibility index (Phi) is 6.10. The highest BCUT2D eigenvalue weighted by atomic mass is 79.9. The molecule has 1 aliphatic rings. The molecule has 3 rings (SSSR count). The predicted octanol–water partition coefficient (Wildman–Crippen LogP) is 8.10. The third kappa shape index (κ3) is 3.61. The second-order valence-electron chi connectivity index (χ2n) is 8.65. The number of fused-ring (bicyclic) bond motifs is 1. The van der Waals surface area contributed by atoms with Crippen molar-refractivity contribution < 1.29 is 0 Å². The molecule has 0 N–H and O–H groups in total. The topological polar surface area (TPSA) is 3.24 Å². The van der Waals surface area contributed by atoms with Gasteiger partial charge in [-0.25, -0.2) is 0 Å². The molecule has 0 saturated carbocycles. The fraction of sp³-hybridized carbons (Fsp3) is 0.478. The lowest BCUT2D eigenvalue weighted by Crippen LogP contribution is -2.39. The quantitative estimate of drug-likeness (QED) is 0.406. The summed E-state index contributed by atoms with van der Waals surface area (Å²) < 4.78 is 4.04. The summed E-state index contributed by atoms with van der Waals surface area (Å²) in [5, 5.41) is 2.27. The smallest absolute Gasteiger partial charge is 0.135 e. The number of nitrogens with zero attached hydrogens (tertiary/aromatic N) is 1. The molecule has 2 aromatic rings. The van der Waals surface area contributed by atoms with E-state index in [2.05, 4.69) is 98.7 Å². The van der Waals surface area contributed by atoms with Crippen molar-refractivity contribution in [3.63, 3.8) is 0 Å². The van der Waals surface area contributed by atoms with Gasteiger partial charge in [-0.05, 0) is 77.1 Å². The second-order valence-corrected chi connectivity index (χ2v) is 13.3. The molecule has 0 radical (unpaired) electrons. The number of benzene rings is 1. The molecule has 0 fully saturated rings. The van der Waals surface area contributed by atoms with E-state index in [-0.39, 0.29) is 0 Å². The van der Waals surface area contributed by atoms with Gasteiger partial charge in [0.1, 0.15) is 8.96 Å². The number of hydrogen-bond donors (Lipinski definition) is 0. The minimum atomic E-state index is -1.13. The number of allylic oxidation sites excluding steroid dienone is 1. The Balaban J connectivity index is 2.30. The Morgan fingerprint density at radius 2 is 1.59 bits per heavy atom. The molecular weight excluding hydrogens is 430 g/mol. The summed E-state index contributed by atoms with van der Waals surface area (Å²) in [6, 6.07) is 7.42. The Morgan fingerprint density at radius 1 is 1.04 bits per heavy atom. The maximum Gasteiger partial charge on any atom is 0.135 e. The van der Waals surface area contributed by atoms with E-state index in [9.17, 15) is 0 Å². The standard InChI is InChI=1S/C23H32BrNSSi/c1-13(2)19-11-17(24)12-20(14(3)4)22(19)25(27(7)8)21-16(6)15(5)18-9-10-26-23(18)21/h9-14,21,27H,1-8H3. The van der Waals surface area contributed by atoms with E-state index in [0.29, 0.717) is 17.9 Å². The van der Waals surface area contributed by atoms with Crippen LogP contribution in [0.1, 0.15) is 81.0 Å². The van der Waals surface area contributed by atoms with Gasteiger partial charge < -0.3 is 4.57 Å². The molecule has 1 aliphatic carbocycles. The van der Waals surface area contributed by atoms with Crippen molar-refractivity contribution in [2.45, 2.75) is 72.5 Å². The van der Waals surface area contributed by atoms with Gasteiger partial charge in [-0.3, -0.25) is 0 Å². The number of rotatable bonds is 5. The Morgan fingerprint density at radius 3 is 2.07 bits per heavy atom. The summed E-state index contributed by atoms with van der Waals surface area (Å²) in [5.41, 5.74) is 8.93. The van der Waals surface area contributed by atoms with Gasteiger partial charge in [-0.15, -0.1) is 11.3 Å². The molecule has 0 spiro atoms. The monoisotopic (exact) mass is 461 g/mol. The molecule has 0 amide bonds. The molecule has 1 aromatic heterocycles. The van der Waals surface area contributed by atoms with Crippen LogP contribution in [0, 0.1) is 0 Å². The van der Waals surface area contributed by atoms with Gasteiger partial charge in [-0.1, -0.05) is 56.7 Å². The van der Waals surface area contributed by atoms with Gasteiger partial charge in [0.15, 0.2) is 0 Å². The molecule has 146 valence electrons. The summed E-state index contributed by atoms with van der Waals surface area (Å²) >= 11 is 5.71. The van der Waals surface area contributed by atoms with Crippen LogP contribution in [0.2, 0.25) is 13.1 Å². The SMILES string of the molecule is CC1=C(C)C(N(c2c(C(C)C)cc(Br)cc2C(C)C)[SiH](C)C)c2sccc21. The third-order valence-electron chi connectivity index (χ3n) is 5.82. The summed E-state index contributed by atoms with van der Waals surface area (Å²) in [7, 11) is -1.13. The number of hydrogen-bond acceptors (Lipinski definition) is 2. The first-order valence-corrected chi connectivity index (χ1v) is 14.5. The van der Waals surface area contributed by atoms with E-state index in [4.69, 9.17) is 0 Å². The molecule has 1 unspecified atom stereocenters. The molecule has 0 bridgehead atoms. The van der Waals surface area contributed by atoms with Crippen LogP contribution in [0.5, 0.6) is 0 Å². The Hall–Kier alpha value is -0.843. The van der Waals surface area contributed by atoms with E-state index in [0.717, 1.165) is 0 Å². The van der Waals surface area contributed by atoms with Crippen molar-refractivity contribution >= 4 is 47.5 Å². The molecule has 0 aliphatic heterocycles. The van der Waals surface area contributed by atoms with Gasteiger partial charge in [-0.2, -0.15) is 0 Å². The minimum absolute atomic E-state index is 0.405. The minimum Gasteiger partial charge on any atom is -0.390 e. The highest BCUT2D eigenvalue weighted by Gasteiger charge is 2.36. The van der Waals surface area contributed by atoms with Gasteiger partial charge in [0, 0.05) is 15.0 Å². The normalized spacial score (nSPS) is 16.8. The van der Waals surface area contributed by atoms with Crippen LogP contribution in [0.4, 0.5) is 5.69 Å². The molecule has 0 saturated heterocycles.